The zero-order valence-electron chi connectivity index (χ0n) is 17.4. The lowest BCUT2D eigenvalue weighted by atomic mass is 10.1. The fourth-order valence-corrected chi connectivity index (χ4v) is 4.24. The number of likely N-dealkylation sites (N-methyl/N-ethyl adjacent to an activating group) is 1. The second-order valence-corrected chi connectivity index (χ2v) is 9.12. The molecule has 0 aliphatic carbocycles. The number of carbonyl (C=O) groups excluding carboxylic acids is 1. The maximum absolute atomic E-state index is 11.9. The number of anilines is 1. The quantitative estimate of drug-likeness (QED) is 0.280. The van der Waals surface area contributed by atoms with Gasteiger partial charge in [0.2, 0.25) is 5.91 Å². The molecule has 8 heteroatoms. The van der Waals surface area contributed by atoms with Crippen molar-refractivity contribution in [2.24, 2.45) is 4.99 Å². The Kier molecular flexibility index (Phi) is 11.2. The lowest BCUT2D eigenvalue weighted by molar-refractivity contribution is -0.116. The molecule has 1 aromatic carbocycles. The fourth-order valence-electron chi connectivity index (χ4n) is 2.99. The highest BCUT2D eigenvalue weighted by Gasteiger charge is 2.29. The van der Waals surface area contributed by atoms with Crippen molar-refractivity contribution >= 4 is 53.3 Å². The van der Waals surface area contributed by atoms with Crippen LogP contribution in [0.1, 0.15) is 32.3 Å². The highest BCUT2D eigenvalue weighted by Crippen LogP contribution is 2.36. The lowest BCUT2D eigenvalue weighted by Crippen LogP contribution is -2.43. The average molecular weight is 519 g/mol. The first kappa shape index (κ1) is 25.0. The molecule has 1 fully saturated rings. The van der Waals surface area contributed by atoms with E-state index >= 15 is 0 Å². The molecule has 158 valence electrons. The molecule has 1 atom stereocenters. The second kappa shape index (κ2) is 12.5. The Balaban J connectivity index is 0.00000392. The zero-order chi connectivity index (χ0) is 19.7. The van der Waals surface area contributed by atoms with Gasteiger partial charge in [-0.15, -0.1) is 24.0 Å². The normalized spacial score (nSPS) is 19.2. The third kappa shape index (κ3) is 9.00. The Bertz CT molecular complexity index is 647. The highest BCUT2D eigenvalue weighted by molar-refractivity contribution is 14.0. The van der Waals surface area contributed by atoms with E-state index in [4.69, 9.17) is 4.99 Å². The van der Waals surface area contributed by atoms with E-state index in [-0.39, 0.29) is 29.9 Å². The van der Waals surface area contributed by atoms with Gasteiger partial charge in [0.05, 0.1) is 13.1 Å². The number of rotatable bonds is 8. The number of benzene rings is 1. The van der Waals surface area contributed by atoms with Crippen LogP contribution in [0.25, 0.3) is 0 Å². The Hall–Kier alpha value is -1.00. The van der Waals surface area contributed by atoms with Crippen molar-refractivity contribution in [3.05, 3.63) is 29.8 Å². The fraction of sp³-hybridized carbons (Fsp3) is 0.600. The first-order valence-corrected chi connectivity index (χ1v) is 10.6. The molecule has 1 unspecified atom stereocenters. The summed E-state index contributed by atoms with van der Waals surface area (Å²) in [6.07, 6.45) is 2.54. The number of carbonyl (C=O) groups is 1. The molecule has 1 aromatic rings. The van der Waals surface area contributed by atoms with Gasteiger partial charge in [0.15, 0.2) is 5.96 Å². The minimum Gasteiger partial charge on any atom is -0.357 e. The predicted molar refractivity (Wildman–Crippen MR) is 132 cm³/mol. The zero-order valence-corrected chi connectivity index (χ0v) is 20.5. The monoisotopic (exact) mass is 519 g/mol. The van der Waals surface area contributed by atoms with Gasteiger partial charge in [-0.3, -0.25) is 4.79 Å². The van der Waals surface area contributed by atoms with E-state index in [1.165, 1.54) is 18.6 Å². The minimum absolute atomic E-state index is 0. The van der Waals surface area contributed by atoms with E-state index in [1.54, 1.807) is 0 Å². The number of hydrogen-bond donors (Lipinski definition) is 3. The van der Waals surface area contributed by atoms with Crippen molar-refractivity contribution in [1.82, 2.24) is 15.5 Å². The maximum Gasteiger partial charge on any atom is 0.238 e. The van der Waals surface area contributed by atoms with Gasteiger partial charge in [-0.1, -0.05) is 12.1 Å². The molecule has 1 aliphatic heterocycles. The molecular weight excluding hydrogens is 485 g/mol. The summed E-state index contributed by atoms with van der Waals surface area (Å²) in [6, 6.07) is 7.87. The van der Waals surface area contributed by atoms with Gasteiger partial charge < -0.3 is 20.9 Å². The number of hydrogen-bond acceptors (Lipinski definition) is 4. The van der Waals surface area contributed by atoms with Crippen molar-refractivity contribution in [2.45, 2.75) is 38.0 Å². The maximum atomic E-state index is 11.9. The van der Waals surface area contributed by atoms with Gasteiger partial charge in [0.1, 0.15) is 0 Å². The first-order valence-electron chi connectivity index (χ1n) is 9.60. The molecule has 3 N–H and O–H groups in total. The van der Waals surface area contributed by atoms with Crippen molar-refractivity contribution in [3.8, 4) is 0 Å². The second-order valence-electron chi connectivity index (χ2n) is 7.44. The SMILES string of the molecule is CCNC(=NCc1cccc(NC(=O)CN(C)C)c1)NCC1(C)CCCS1.I. The van der Waals surface area contributed by atoms with Crippen LogP contribution < -0.4 is 16.0 Å². The van der Waals surface area contributed by atoms with Gasteiger partial charge in [-0.2, -0.15) is 11.8 Å². The molecular formula is C20H34IN5OS. The van der Waals surface area contributed by atoms with Crippen LogP contribution in [-0.2, 0) is 11.3 Å². The molecule has 0 radical (unpaired) electrons. The molecule has 6 nitrogen and oxygen atoms in total. The van der Waals surface area contributed by atoms with Crippen LogP contribution in [-0.4, -0.2) is 61.0 Å². The van der Waals surface area contributed by atoms with E-state index in [2.05, 4.69) is 29.8 Å². The Morgan fingerprint density at radius 1 is 1.32 bits per heavy atom. The summed E-state index contributed by atoms with van der Waals surface area (Å²) < 4.78 is 0.298. The Labute approximate surface area is 190 Å². The van der Waals surface area contributed by atoms with Gasteiger partial charge in [-0.05, 0) is 64.2 Å². The van der Waals surface area contributed by atoms with Crippen LogP contribution in [0, 0.1) is 0 Å². The van der Waals surface area contributed by atoms with Gasteiger partial charge in [0.25, 0.3) is 0 Å². The molecule has 0 spiro atoms. The summed E-state index contributed by atoms with van der Waals surface area (Å²) in [5.41, 5.74) is 1.87. The van der Waals surface area contributed by atoms with Crippen LogP contribution in [0.4, 0.5) is 5.69 Å². The predicted octanol–water partition coefficient (Wildman–Crippen LogP) is 3.15. The van der Waals surface area contributed by atoms with Crippen molar-refractivity contribution < 1.29 is 4.79 Å². The van der Waals surface area contributed by atoms with Crippen molar-refractivity contribution in [3.63, 3.8) is 0 Å². The highest BCUT2D eigenvalue weighted by atomic mass is 127. The third-order valence-corrected chi connectivity index (χ3v) is 5.90. The van der Waals surface area contributed by atoms with Gasteiger partial charge in [0, 0.05) is 23.5 Å². The summed E-state index contributed by atoms with van der Waals surface area (Å²) in [7, 11) is 3.76. The molecule has 1 aliphatic rings. The number of halogens is 1. The lowest BCUT2D eigenvalue weighted by Gasteiger charge is -2.24. The van der Waals surface area contributed by atoms with Crippen molar-refractivity contribution in [2.75, 3.05) is 44.8 Å². The molecule has 0 aromatic heterocycles. The third-order valence-electron chi connectivity index (χ3n) is 4.36. The first-order chi connectivity index (χ1) is 12.9. The Morgan fingerprint density at radius 2 is 2.11 bits per heavy atom. The molecule has 1 heterocycles. The molecule has 28 heavy (non-hydrogen) atoms. The van der Waals surface area contributed by atoms with Crippen LogP contribution in [0.5, 0.6) is 0 Å². The van der Waals surface area contributed by atoms with E-state index in [0.717, 1.165) is 30.3 Å². The number of aliphatic imine (C=N–C) groups is 1. The molecule has 1 saturated heterocycles. The topological polar surface area (TPSA) is 68.8 Å². The summed E-state index contributed by atoms with van der Waals surface area (Å²) >= 11 is 2.04. The number of nitrogens with one attached hydrogen (secondary N) is 3. The van der Waals surface area contributed by atoms with E-state index in [9.17, 15) is 4.79 Å². The van der Waals surface area contributed by atoms with Crippen LogP contribution in [0.2, 0.25) is 0 Å². The van der Waals surface area contributed by atoms with Crippen LogP contribution in [0.15, 0.2) is 29.3 Å². The van der Waals surface area contributed by atoms with Crippen molar-refractivity contribution in [1.29, 1.82) is 0 Å². The number of guanidine groups is 1. The molecule has 0 saturated carbocycles. The number of thioether (sulfide) groups is 1. The minimum atomic E-state index is -0.0158. The summed E-state index contributed by atoms with van der Waals surface area (Å²) in [6.45, 7) is 7.08. The summed E-state index contributed by atoms with van der Waals surface area (Å²) in [5, 5.41) is 9.73. The largest absolute Gasteiger partial charge is 0.357 e. The van der Waals surface area contributed by atoms with Gasteiger partial charge in [-0.25, -0.2) is 4.99 Å². The molecule has 2 rings (SSSR count). The smallest absolute Gasteiger partial charge is 0.238 e. The summed E-state index contributed by atoms with van der Waals surface area (Å²) in [4.78, 5) is 18.5. The number of amides is 1. The average Bonchev–Trinajstić information content (AvgIpc) is 3.04. The van der Waals surface area contributed by atoms with E-state index in [1.807, 2.05) is 55.0 Å². The molecule has 0 bridgehead atoms. The number of nitrogens with zero attached hydrogens (tertiary/aromatic N) is 2. The standard InChI is InChI=1S/C20H33N5OS.HI/c1-5-21-19(23-15-20(2)10-7-11-27-20)22-13-16-8-6-9-17(12-16)24-18(26)14-25(3)4;/h6,8-9,12H,5,7,10-11,13-15H2,1-4H3,(H,24,26)(H2,21,22,23);1H. The van der Waals surface area contributed by atoms with E-state index < -0.39 is 0 Å². The Morgan fingerprint density at radius 3 is 2.75 bits per heavy atom. The summed E-state index contributed by atoms with van der Waals surface area (Å²) in [5.74, 6) is 2.07. The van der Waals surface area contributed by atoms with Crippen LogP contribution >= 0.6 is 35.7 Å². The molecule has 1 amide bonds. The van der Waals surface area contributed by atoms with E-state index in [0.29, 0.717) is 17.8 Å². The van der Waals surface area contributed by atoms with Crippen LogP contribution in [0.3, 0.4) is 0 Å². The van der Waals surface area contributed by atoms with Gasteiger partial charge >= 0.3 is 0 Å².